The molecule has 1 aliphatic rings. The minimum absolute atomic E-state index is 0.195. The number of anilines is 1. The molecule has 4 rings (SSSR count). The average Bonchev–Trinajstić information content (AvgIpc) is 3.06. The zero-order chi connectivity index (χ0) is 17.4. The van der Waals surface area contributed by atoms with E-state index in [1.165, 1.54) is 22.5 Å². The lowest BCUT2D eigenvalue weighted by Gasteiger charge is -2.29. The van der Waals surface area contributed by atoms with Gasteiger partial charge in [0.25, 0.3) is 11.5 Å². The van der Waals surface area contributed by atoms with Crippen LogP contribution in [0, 0.1) is 0 Å². The highest BCUT2D eigenvalue weighted by Gasteiger charge is 2.26. The van der Waals surface area contributed by atoms with E-state index in [1.54, 1.807) is 11.1 Å². The summed E-state index contributed by atoms with van der Waals surface area (Å²) >= 11 is 0. The van der Waals surface area contributed by atoms with Crippen molar-refractivity contribution in [2.24, 2.45) is 5.73 Å². The first-order chi connectivity index (χ1) is 12.2. The minimum Gasteiger partial charge on any atom is -0.330 e. The molecule has 0 radical (unpaired) electrons. The van der Waals surface area contributed by atoms with Crippen LogP contribution in [0.2, 0.25) is 0 Å². The molecule has 3 heterocycles. The van der Waals surface area contributed by atoms with Crippen molar-refractivity contribution in [1.29, 1.82) is 0 Å². The predicted molar refractivity (Wildman–Crippen MR) is 95.0 cm³/mol. The van der Waals surface area contributed by atoms with E-state index in [4.69, 9.17) is 5.73 Å². The van der Waals surface area contributed by atoms with Gasteiger partial charge in [0.1, 0.15) is 5.52 Å². The number of aromatic nitrogens is 3. The van der Waals surface area contributed by atoms with Gasteiger partial charge in [0.05, 0.1) is 11.8 Å². The Balaban J connectivity index is 1.76. The third kappa shape index (κ3) is 2.62. The van der Waals surface area contributed by atoms with Crippen molar-refractivity contribution in [1.82, 2.24) is 14.6 Å². The summed E-state index contributed by atoms with van der Waals surface area (Å²) in [6, 6.07) is 6.12. The van der Waals surface area contributed by atoms with Crippen LogP contribution in [0.1, 0.15) is 27.9 Å². The van der Waals surface area contributed by atoms with Crippen molar-refractivity contribution in [3.05, 3.63) is 63.8 Å². The van der Waals surface area contributed by atoms with Crippen LogP contribution in [-0.2, 0) is 12.8 Å². The summed E-state index contributed by atoms with van der Waals surface area (Å²) in [7, 11) is 0. The molecular weight excluding hydrogens is 318 g/mol. The van der Waals surface area contributed by atoms with E-state index < -0.39 is 0 Å². The number of amides is 1. The number of hydrogen-bond acceptors (Lipinski definition) is 4. The Bertz CT molecular complexity index is 1000. The number of nitrogens with zero attached hydrogens (tertiary/aromatic N) is 3. The van der Waals surface area contributed by atoms with E-state index in [-0.39, 0.29) is 17.0 Å². The monoisotopic (exact) mass is 337 g/mol. The first-order valence-corrected chi connectivity index (χ1v) is 8.38. The number of hydrogen-bond donors (Lipinski definition) is 2. The Morgan fingerprint density at radius 2 is 2.24 bits per heavy atom. The highest BCUT2D eigenvalue weighted by molar-refractivity contribution is 6.10. The molecule has 7 heteroatoms. The van der Waals surface area contributed by atoms with Crippen LogP contribution >= 0.6 is 0 Å². The number of nitrogens with two attached hydrogens (primary N) is 1. The van der Waals surface area contributed by atoms with Crippen molar-refractivity contribution >= 4 is 17.1 Å². The Kier molecular flexibility index (Phi) is 3.85. The molecule has 128 valence electrons. The number of benzene rings is 1. The van der Waals surface area contributed by atoms with Gasteiger partial charge in [-0.3, -0.25) is 9.59 Å². The van der Waals surface area contributed by atoms with Gasteiger partial charge in [-0.05, 0) is 43.0 Å². The average molecular weight is 337 g/mol. The van der Waals surface area contributed by atoms with Gasteiger partial charge in [-0.25, -0.2) is 4.52 Å². The molecule has 0 atom stereocenters. The summed E-state index contributed by atoms with van der Waals surface area (Å²) in [4.78, 5) is 29.6. The number of nitrogens with one attached hydrogen (secondary N) is 1. The SMILES string of the molecule is NCCc1ccc2c(c1)CCCN2C(=O)c1cnn2cc[nH]c(=O)c12. The van der Waals surface area contributed by atoms with E-state index in [0.717, 1.165) is 30.5 Å². The van der Waals surface area contributed by atoms with Gasteiger partial charge in [-0.15, -0.1) is 0 Å². The van der Waals surface area contributed by atoms with Crippen LogP contribution in [0.5, 0.6) is 0 Å². The lowest BCUT2D eigenvalue weighted by molar-refractivity contribution is 0.0986. The van der Waals surface area contributed by atoms with Gasteiger partial charge in [-0.2, -0.15) is 5.10 Å². The molecule has 1 amide bonds. The van der Waals surface area contributed by atoms with Gasteiger partial charge in [0.2, 0.25) is 0 Å². The summed E-state index contributed by atoms with van der Waals surface area (Å²) in [5.74, 6) is -0.195. The smallest absolute Gasteiger partial charge is 0.274 e. The van der Waals surface area contributed by atoms with E-state index in [9.17, 15) is 9.59 Å². The van der Waals surface area contributed by atoms with E-state index >= 15 is 0 Å². The molecule has 0 bridgehead atoms. The fourth-order valence-corrected chi connectivity index (χ4v) is 3.44. The topological polar surface area (TPSA) is 96.5 Å². The van der Waals surface area contributed by atoms with Crippen molar-refractivity contribution in [3.8, 4) is 0 Å². The minimum atomic E-state index is -0.320. The Morgan fingerprint density at radius 3 is 3.08 bits per heavy atom. The maximum absolute atomic E-state index is 13.1. The van der Waals surface area contributed by atoms with E-state index in [0.29, 0.717) is 18.7 Å². The lowest BCUT2D eigenvalue weighted by atomic mass is 9.97. The van der Waals surface area contributed by atoms with Crippen LogP contribution in [0.15, 0.2) is 41.6 Å². The van der Waals surface area contributed by atoms with Crippen molar-refractivity contribution in [3.63, 3.8) is 0 Å². The van der Waals surface area contributed by atoms with Crippen LogP contribution in [0.3, 0.4) is 0 Å². The van der Waals surface area contributed by atoms with Crippen molar-refractivity contribution < 1.29 is 4.79 Å². The highest BCUT2D eigenvalue weighted by Crippen LogP contribution is 2.29. The molecule has 25 heavy (non-hydrogen) atoms. The summed E-state index contributed by atoms with van der Waals surface area (Å²) in [5, 5.41) is 4.13. The zero-order valence-corrected chi connectivity index (χ0v) is 13.7. The third-order valence-corrected chi connectivity index (χ3v) is 4.61. The number of rotatable bonds is 3. The van der Waals surface area contributed by atoms with Crippen LogP contribution < -0.4 is 16.2 Å². The molecule has 0 saturated carbocycles. The molecule has 0 fully saturated rings. The molecule has 0 spiro atoms. The Morgan fingerprint density at radius 1 is 1.36 bits per heavy atom. The first-order valence-electron chi connectivity index (χ1n) is 8.38. The molecule has 1 aromatic carbocycles. The first kappa shape index (κ1) is 15.6. The molecule has 7 nitrogen and oxygen atoms in total. The number of H-pyrrole nitrogens is 1. The number of carbonyl (C=O) groups is 1. The van der Waals surface area contributed by atoms with Crippen LogP contribution in [0.25, 0.3) is 5.52 Å². The molecule has 0 aliphatic carbocycles. The molecule has 1 aliphatic heterocycles. The second-order valence-corrected chi connectivity index (χ2v) is 6.20. The Labute approximate surface area is 144 Å². The largest absolute Gasteiger partial charge is 0.330 e. The van der Waals surface area contributed by atoms with E-state index in [1.807, 2.05) is 12.1 Å². The Hall–Kier alpha value is -2.93. The molecule has 3 N–H and O–H groups in total. The summed E-state index contributed by atoms with van der Waals surface area (Å²) in [6.45, 7) is 1.23. The molecule has 3 aromatic rings. The normalized spacial score (nSPS) is 13.9. The quantitative estimate of drug-likeness (QED) is 0.748. The molecular formula is C18H19N5O2. The van der Waals surface area contributed by atoms with Gasteiger partial charge >= 0.3 is 0 Å². The maximum Gasteiger partial charge on any atom is 0.274 e. The van der Waals surface area contributed by atoms with E-state index in [2.05, 4.69) is 16.1 Å². The fraction of sp³-hybridized carbons (Fsp3) is 0.278. The van der Waals surface area contributed by atoms with Gasteiger partial charge in [0.15, 0.2) is 0 Å². The van der Waals surface area contributed by atoms with Gasteiger partial charge < -0.3 is 15.6 Å². The molecule has 2 aromatic heterocycles. The molecule has 0 unspecified atom stereocenters. The second-order valence-electron chi connectivity index (χ2n) is 6.20. The van der Waals surface area contributed by atoms with Crippen LogP contribution in [0.4, 0.5) is 5.69 Å². The number of carbonyl (C=O) groups excluding carboxylic acids is 1. The fourth-order valence-electron chi connectivity index (χ4n) is 3.44. The summed E-state index contributed by atoms with van der Waals surface area (Å²) in [6.07, 6.45) is 7.24. The number of fused-ring (bicyclic) bond motifs is 2. The highest BCUT2D eigenvalue weighted by atomic mass is 16.2. The van der Waals surface area contributed by atoms with Crippen molar-refractivity contribution in [2.75, 3.05) is 18.0 Å². The standard InChI is InChI=1S/C18H19N5O2/c19-6-5-12-3-4-15-13(10-12)2-1-8-22(15)18(25)14-11-21-23-9-7-20-17(24)16(14)23/h3-4,7,9-11H,1-2,5-6,8,19H2,(H,20,24). The van der Waals surface area contributed by atoms with Crippen molar-refractivity contribution in [2.45, 2.75) is 19.3 Å². The summed E-state index contributed by atoms with van der Waals surface area (Å²) in [5.41, 5.74) is 9.15. The third-order valence-electron chi connectivity index (χ3n) is 4.61. The lowest BCUT2D eigenvalue weighted by Crippen LogP contribution is -2.36. The van der Waals surface area contributed by atoms with Gasteiger partial charge in [-0.1, -0.05) is 12.1 Å². The molecule has 0 saturated heterocycles. The summed E-state index contributed by atoms with van der Waals surface area (Å²) < 4.78 is 1.43. The maximum atomic E-state index is 13.1. The predicted octanol–water partition coefficient (Wildman–Crippen LogP) is 1.12. The number of aryl methyl sites for hydroxylation is 1. The zero-order valence-electron chi connectivity index (χ0n) is 13.7. The van der Waals surface area contributed by atoms with Crippen LogP contribution in [-0.4, -0.2) is 33.6 Å². The second kappa shape index (κ2) is 6.18. The van der Waals surface area contributed by atoms with Gasteiger partial charge in [0, 0.05) is 24.6 Å². The number of aromatic amines is 1.